The Morgan fingerprint density at radius 1 is 1.43 bits per heavy atom. The van der Waals surface area contributed by atoms with Gasteiger partial charge in [-0.1, -0.05) is 29.8 Å². The van der Waals surface area contributed by atoms with Gasteiger partial charge >= 0.3 is 5.97 Å². The molecule has 0 saturated carbocycles. The molecule has 0 saturated heterocycles. The lowest BCUT2D eigenvalue weighted by atomic mass is 10.1. The van der Waals surface area contributed by atoms with Crippen molar-refractivity contribution in [2.24, 2.45) is 0 Å². The fourth-order valence-corrected chi connectivity index (χ4v) is 1.17. The van der Waals surface area contributed by atoms with Crippen LogP contribution in [0.5, 0.6) is 0 Å². The zero-order chi connectivity index (χ0) is 10.4. The Labute approximate surface area is 91.7 Å². The Morgan fingerprint density at radius 2 is 2.07 bits per heavy atom. The maximum atomic E-state index is 10.9. The molecule has 1 rings (SSSR count). The van der Waals surface area contributed by atoms with Crippen molar-refractivity contribution in [3.8, 4) is 0 Å². The molecular weight excluding hydrogens is 244 g/mol. The minimum Gasteiger partial charge on any atom is -0.451 e. The van der Waals surface area contributed by atoms with Crippen LogP contribution in [0, 0.1) is 6.92 Å². The number of aryl methyl sites for hydroxylation is 1. The maximum absolute atomic E-state index is 10.9. The Bertz CT molecular complexity index is 328. The lowest BCUT2D eigenvalue weighted by molar-refractivity contribution is -0.135. The third-order valence-electron chi connectivity index (χ3n) is 1.69. The fraction of sp³-hybridized carbons (Fsp3) is 0.182. The highest BCUT2D eigenvalue weighted by Gasteiger charge is 1.93. The number of halogens is 1. The Hall–Kier alpha value is -1.09. The second-order valence-electron chi connectivity index (χ2n) is 2.82. The van der Waals surface area contributed by atoms with Gasteiger partial charge in [0.15, 0.2) is 0 Å². The van der Waals surface area contributed by atoms with E-state index in [0.717, 1.165) is 5.56 Å². The van der Waals surface area contributed by atoms with E-state index in [2.05, 4.69) is 20.7 Å². The monoisotopic (exact) mass is 254 g/mol. The van der Waals surface area contributed by atoms with Gasteiger partial charge in [0.1, 0.15) is 5.52 Å². The third-order valence-corrected chi connectivity index (χ3v) is 1.91. The van der Waals surface area contributed by atoms with Crippen molar-refractivity contribution in [2.45, 2.75) is 6.92 Å². The van der Waals surface area contributed by atoms with Gasteiger partial charge in [-0.15, -0.1) is 0 Å². The maximum Gasteiger partial charge on any atom is 0.331 e. The molecule has 0 aliphatic rings. The SMILES string of the molecule is Cc1ccc(/C=C/C(=O)OCBr)cc1. The summed E-state index contributed by atoms with van der Waals surface area (Å²) in [5.41, 5.74) is 2.41. The molecule has 0 heterocycles. The summed E-state index contributed by atoms with van der Waals surface area (Å²) in [4.78, 5) is 10.9. The normalized spacial score (nSPS) is 10.4. The van der Waals surface area contributed by atoms with E-state index in [1.54, 1.807) is 6.08 Å². The molecule has 0 aromatic heterocycles. The summed E-state index contributed by atoms with van der Waals surface area (Å²) in [7, 11) is 0. The molecule has 0 N–H and O–H groups in total. The first-order chi connectivity index (χ1) is 6.72. The summed E-state index contributed by atoms with van der Waals surface area (Å²) < 4.78 is 4.68. The molecule has 3 heteroatoms. The van der Waals surface area contributed by atoms with Crippen LogP contribution in [-0.2, 0) is 9.53 Å². The van der Waals surface area contributed by atoms with Crippen molar-refractivity contribution in [3.05, 3.63) is 41.5 Å². The van der Waals surface area contributed by atoms with Gasteiger partial charge < -0.3 is 4.74 Å². The van der Waals surface area contributed by atoms with Crippen molar-refractivity contribution >= 4 is 28.0 Å². The van der Waals surface area contributed by atoms with E-state index < -0.39 is 0 Å². The number of ether oxygens (including phenoxy) is 1. The van der Waals surface area contributed by atoms with Gasteiger partial charge in [0.05, 0.1) is 0 Å². The summed E-state index contributed by atoms with van der Waals surface area (Å²) in [6.45, 7) is 2.02. The van der Waals surface area contributed by atoms with E-state index in [-0.39, 0.29) is 11.5 Å². The molecule has 0 aliphatic heterocycles. The van der Waals surface area contributed by atoms with E-state index in [4.69, 9.17) is 0 Å². The molecule has 14 heavy (non-hydrogen) atoms. The molecule has 2 nitrogen and oxygen atoms in total. The van der Waals surface area contributed by atoms with Gasteiger partial charge in [0.2, 0.25) is 0 Å². The van der Waals surface area contributed by atoms with Gasteiger partial charge in [-0.3, -0.25) is 0 Å². The molecule has 0 atom stereocenters. The Balaban J connectivity index is 2.60. The van der Waals surface area contributed by atoms with Crippen LogP contribution in [0.1, 0.15) is 11.1 Å². The van der Waals surface area contributed by atoms with Crippen LogP contribution < -0.4 is 0 Å². The van der Waals surface area contributed by atoms with Crippen molar-refractivity contribution in [1.82, 2.24) is 0 Å². The van der Waals surface area contributed by atoms with Crippen LogP contribution in [0.4, 0.5) is 0 Å². The highest BCUT2D eigenvalue weighted by Crippen LogP contribution is 2.05. The van der Waals surface area contributed by atoms with Crippen LogP contribution in [0.2, 0.25) is 0 Å². The standard InChI is InChI=1S/C11H11BrO2/c1-9-2-4-10(5-3-9)6-7-11(13)14-8-12/h2-7H,8H2,1H3/b7-6+. The highest BCUT2D eigenvalue weighted by molar-refractivity contribution is 9.09. The first kappa shape index (κ1) is 11.0. The first-order valence-corrected chi connectivity index (χ1v) is 5.32. The zero-order valence-electron chi connectivity index (χ0n) is 7.87. The van der Waals surface area contributed by atoms with Crippen molar-refractivity contribution in [2.75, 3.05) is 5.52 Å². The molecule has 0 amide bonds. The Morgan fingerprint density at radius 3 is 2.64 bits per heavy atom. The van der Waals surface area contributed by atoms with E-state index in [9.17, 15) is 4.79 Å². The quantitative estimate of drug-likeness (QED) is 0.471. The van der Waals surface area contributed by atoms with E-state index in [1.807, 2.05) is 31.2 Å². The minimum absolute atomic E-state index is 0.226. The number of hydrogen-bond donors (Lipinski definition) is 0. The van der Waals surface area contributed by atoms with Crippen molar-refractivity contribution in [3.63, 3.8) is 0 Å². The van der Waals surface area contributed by atoms with Crippen LogP contribution in [0.15, 0.2) is 30.3 Å². The molecule has 0 aliphatic carbocycles. The first-order valence-electron chi connectivity index (χ1n) is 4.20. The number of rotatable bonds is 3. The third kappa shape index (κ3) is 3.75. The van der Waals surface area contributed by atoms with Gasteiger partial charge in [-0.05, 0) is 34.5 Å². The van der Waals surface area contributed by atoms with Crippen LogP contribution in [-0.4, -0.2) is 11.5 Å². The number of carbonyl (C=O) groups excluding carboxylic acids is 1. The summed E-state index contributed by atoms with van der Waals surface area (Å²) in [5, 5.41) is 0. The average molecular weight is 255 g/mol. The molecule has 74 valence electrons. The van der Waals surface area contributed by atoms with Crippen LogP contribution in [0.3, 0.4) is 0 Å². The fourth-order valence-electron chi connectivity index (χ4n) is 0.944. The van der Waals surface area contributed by atoms with Crippen LogP contribution in [0.25, 0.3) is 6.08 Å². The number of esters is 1. The Kier molecular flexibility index (Phi) is 4.40. The summed E-state index contributed by atoms with van der Waals surface area (Å²) in [5.74, 6) is -0.345. The number of alkyl halides is 1. The minimum atomic E-state index is -0.345. The van der Waals surface area contributed by atoms with Crippen LogP contribution >= 0.6 is 15.9 Å². The molecule has 0 bridgehead atoms. The van der Waals surface area contributed by atoms with E-state index >= 15 is 0 Å². The largest absolute Gasteiger partial charge is 0.451 e. The van der Waals surface area contributed by atoms with E-state index in [1.165, 1.54) is 11.6 Å². The summed E-state index contributed by atoms with van der Waals surface area (Å²) >= 11 is 3.01. The molecule has 1 aromatic carbocycles. The number of carbonyl (C=O) groups is 1. The average Bonchev–Trinajstić information content (AvgIpc) is 2.17. The molecule has 1 aromatic rings. The topological polar surface area (TPSA) is 26.3 Å². The second-order valence-corrected chi connectivity index (χ2v) is 3.27. The smallest absolute Gasteiger partial charge is 0.331 e. The molecule has 0 spiro atoms. The second kappa shape index (κ2) is 5.60. The summed E-state index contributed by atoms with van der Waals surface area (Å²) in [6, 6.07) is 7.89. The lowest BCUT2D eigenvalue weighted by Gasteiger charge is -1.95. The van der Waals surface area contributed by atoms with Crippen molar-refractivity contribution in [1.29, 1.82) is 0 Å². The molecular formula is C11H11BrO2. The molecule has 0 radical (unpaired) electrons. The van der Waals surface area contributed by atoms with Gasteiger partial charge in [-0.25, -0.2) is 4.79 Å². The predicted octanol–water partition coefficient (Wildman–Crippen LogP) is 2.90. The van der Waals surface area contributed by atoms with Gasteiger partial charge in [0, 0.05) is 6.08 Å². The molecule has 0 fully saturated rings. The van der Waals surface area contributed by atoms with Crippen molar-refractivity contribution < 1.29 is 9.53 Å². The number of hydrogen-bond acceptors (Lipinski definition) is 2. The zero-order valence-corrected chi connectivity index (χ0v) is 9.45. The number of benzene rings is 1. The lowest BCUT2D eigenvalue weighted by Crippen LogP contribution is -1.96. The molecule has 0 unspecified atom stereocenters. The van der Waals surface area contributed by atoms with E-state index in [0.29, 0.717) is 0 Å². The van der Waals surface area contributed by atoms with Gasteiger partial charge in [0.25, 0.3) is 0 Å². The van der Waals surface area contributed by atoms with Gasteiger partial charge in [-0.2, -0.15) is 0 Å². The summed E-state index contributed by atoms with van der Waals surface area (Å²) in [6.07, 6.45) is 3.14. The highest BCUT2D eigenvalue weighted by atomic mass is 79.9. The predicted molar refractivity (Wildman–Crippen MR) is 60.1 cm³/mol.